The quantitative estimate of drug-likeness (QED) is 0.489. The van der Waals surface area contributed by atoms with Gasteiger partial charge in [0.05, 0.1) is 5.92 Å². The normalized spacial score (nSPS) is 11.5. The first-order valence-corrected chi connectivity index (χ1v) is 4.55. The predicted octanol–water partition coefficient (Wildman–Crippen LogP) is 1.87. The largest absolute Gasteiger partial charge is 0.294 e. The van der Waals surface area contributed by atoms with E-state index in [4.69, 9.17) is 5.84 Å². The van der Waals surface area contributed by atoms with Gasteiger partial charge in [-0.2, -0.15) is 0 Å². The molecule has 1 unspecified atom stereocenters. The summed E-state index contributed by atoms with van der Waals surface area (Å²) in [6.07, 6.45) is 0.466. The maximum absolute atomic E-state index is 12.9. The predicted molar refractivity (Wildman–Crippen MR) is 59.0 cm³/mol. The van der Waals surface area contributed by atoms with Crippen LogP contribution in [0.25, 0.3) is 0 Å². The molecule has 1 rings (SSSR count). The van der Waals surface area contributed by atoms with E-state index in [1.807, 2.05) is 5.43 Å². The Morgan fingerprint density at radius 3 is 2.50 bits per heavy atom. The van der Waals surface area contributed by atoms with Gasteiger partial charge < -0.3 is 0 Å². The lowest BCUT2D eigenvalue weighted by Gasteiger charge is -2.13. The number of hydrogen-bond acceptors (Lipinski definition) is 2. The molecule has 6 heteroatoms. The van der Waals surface area contributed by atoms with Gasteiger partial charge in [-0.05, 0) is 24.1 Å². The summed E-state index contributed by atoms with van der Waals surface area (Å²) >= 11 is 0. The van der Waals surface area contributed by atoms with Gasteiger partial charge in [-0.3, -0.25) is 10.2 Å². The van der Waals surface area contributed by atoms with Crippen molar-refractivity contribution in [2.75, 3.05) is 0 Å². The number of carbonyl (C=O) groups is 1. The van der Waals surface area contributed by atoms with E-state index < -0.39 is 23.5 Å². The highest BCUT2D eigenvalue weighted by Crippen LogP contribution is 2.21. The second-order valence-corrected chi connectivity index (χ2v) is 3.14. The van der Waals surface area contributed by atoms with Gasteiger partial charge in [0.1, 0.15) is 0 Å². The number of hydrazine groups is 1. The molecule has 0 aliphatic carbocycles. The summed E-state index contributed by atoms with van der Waals surface area (Å²) in [5, 5.41) is 0. The summed E-state index contributed by atoms with van der Waals surface area (Å²) in [7, 11) is 0. The summed E-state index contributed by atoms with van der Waals surface area (Å²) in [5.74, 6) is 2.13. The lowest BCUT2D eigenvalue weighted by atomic mass is 9.96. The van der Waals surface area contributed by atoms with Crippen LogP contribution in [0.15, 0.2) is 18.2 Å². The van der Waals surface area contributed by atoms with Crippen LogP contribution < -0.4 is 11.3 Å². The van der Waals surface area contributed by atoms with Crippen molar-refractivity contribution in [3.8, 4) is 0 Å². The molecule has 16 heavy (non-hydrogen) atoms. The number of hydrogen-bond donors (Lipinski definition) is 2. The smallest absolute Gasteiger partial charge is 0.241 e. The van der Waals surface area contributed by atoms with E-state index in [0.717, 1.165) is 12.1 Å². The molecule has 3 N–H and O–H groups in total. The highest BCUT2D eigenvalue weighted by Gasteiger charge is 2.18. The first-order chi connectivity index (χ1) is 7.10. The minimum atomic E-state index is -0.962. The van der Waals surface area contributed by atoms with Crippen molar-refractivity contribution in [3.05, 3.63) is 35.4 Å². The standard InChI is InChI=1S/C10H12F2N2O.ClH/c1-2-7(10(15)14-13)6-3-4-8(11)9(12)5-6;/h3-5,7H,2,13H2,1H3,(H,14,15);1H. The molecule has 0 heterocycles. The van der Waals surface area contributed by atoms with Crippen LogP contribution in [0.4, 0.5) is 8.78 Å². The Morgan fingerprint density at radius 2 is 2.06 bits per heavy atom. The Morgan fingerprint density at radius 1 is 1.44 bits per heavy atom. The van der Waals surface area contributed by atoms with Gasteiger partial charge >= 0.3 is 0 Å². The van der Waals surface area contributed by atoms with Crippen molar-refractivity contribution < 1.29 is 13.6 Å². The van der Waals surface area contributed by atoms with E-state index in [2.05, 4.69) is 0 Å². The minimum absolute atomic E-state index is 0. The summed E-state index contributed by atoms with van der Waals surface area (Å²) < 4.78 is 25.6. The summed E-state index contributed by atoms with van der Waals surface area (Å²) in [6.45, 7) is 1.77. The minimum Gasteiger partial charge on any atom is -0.294 e. The van der Waals surface area contributed by atoms with Gasteiger partial charge in [0.25, 0.3) is 0 Å². The zero-order chi connectivity index (χ0) is 11.4. The van der Waals surface area contributed by atoms with E-state index >= 15 is 0 Å². The van der Waals surface area contributed by atoms with Crippen LogP contribution in [0.1, 0.15) is 24.8 Å². The molecule has 0 spiro atoms. The van der Waals surface area contributed by atoms with E-state index in [1.54, 1.807) is 6.92 Å². The Kier molecular flexibility index (Phi) is 5.92. The van der Waals surface area contributed by atoms with Crippen molar-refractivity contribution in [2.24, 2.45) is 5.84 Å². The average molecular weight is 251 g/mol. The Labute approximate surface area is 98.4 Å². The molecule has 1 atom stereocenters. The maximum Gasteiger partial charge on any atom is 0.241 e. The molecule has 0 fully saturated rings. The SMILES string of the molecule is CCC(C(=O)NN)c1ccc(F)c(F)c1.Cl. The van der Waals surface area contributed by atoms with Gasteiger partial charge in [-0.1, -0.05) is 13.0 Å². The number of carbonyl (C=O) groups excluding carboxylic acids is 1. The van der Waals surface area contributed by atoms with Gasteiger partial charge in [0, 0.05) is 0 Å². The summed E-state index contributed by atoms with van der Waals surface area (Å²) in [5.41, 5.74) is 2.41. The lowest BCUT2D eigenvalue weighted by molar-refractivity contribution is -0.122. The van der Waals surface area contributed by atoms with Crippen molar-refractivity contribution in [1.82, 2.24) is 5.43 Å². The molecular weight excluding hydrogens is 238 g/mol. The lowest BCUT2D eigenvalue weighted by Crippen LogP contribution is -2.34. The molecule has 0 aliphatic rings. The molecule has 1 amide bonds. The van der Waals surface area contributed by atoms with Crippen LogP contribution in [0, 0.1) is 11.6 Å². The highest BCUT2D eigenvalue weighted by molar-refractivity contribution is 5.85. The van der Waals surface area contributed by atoms with Gasteiger partial charge in [0.15, 0.2) is 11.6 Å². The molecule has 0 radical (unpaired) electrons. The molecule has 0 bridgehead atoms. The number of halogens is 3. The molecular formula is C10H13ClF2N2O. The number of rotatable bonds is 3. The summed E-state index contributed by atoms with van der Waals surface area (Å²) in [4.78, 5) is 11.3. The maximum atomic E-state index is 12.9. The van der Waals surface area contributed by atoms with Gasteiger partial charge in [0.2, 0.25) is 5.91 Å². The zero-order valence-corrected chi connectivity index (χ0v) is 9.48. The Bertz CT molecular complexity index is 374. The Balaban J connectivity index is 0.00000225. The first-order valence-electron chi connectivity index (χ1n) is 4.55. The molecule has 0 saturated heterocycles. The summed E-state index contributed by atoms with van der Waals surface area (Å²) in [6, 6.07) is 3.39. The molecule has 1 aromatic rings. The molecule has 0 saturated carbocycles. The van der Waals surface area contributed by atoms with E-state index in [9.17, 15) is 13.6 Å². The molecule has 0 aromatic heterocycles. The van der Waals surface area contributed by atoms with E-state index in [0.29, 0.717) is 12.0 Å². The van der Waals surface area contributed by atoms with Crippen molar-refractivity contribution in [2.45, 2.75) is 19.3 Å². The molecule has 0 aliphatic heterocycles. The third kappa shape index (κ3) is 3.15. The third-order valence-corrected chi connectivity index (χ3v) is 2.21. The highest BCUT2D eigenvalue weighted by atomic mass is 35.5. The molecule has 90 valence electrons. The number of nitrogens with two attached hydrogens (primary N) is 1. The number of nitrogens with one attached hydrogen (secondary N) is 1. The third-order valence-electron chi connectivity index (χ3n) is 2.21. The van der Waals surface area contributed by atoms with Crippen molar-refractivity contribution in [1.29, 1.82) is 0 Å². The van der Waals surface area contributed by atoms with Crippen LogP contribution in [-0.4, -0.2) is 5.91 Å². The number of benzene rings is 1. The van der Waals surface area contributed by atoms with Crippen LogP contribution in [-0.2, 0) is 4.79 Å². The second-order valence-electron chi connectivity index (χ2n) is 3.14. The van der Waals surface area contributed by atoms with Crippen molar-refractivity contribution in [3.63, 3.8) is 0 Å². The topological polar surface area (TPSA) is 55.1 Å². The molecule has 3 nitrogen and oxygen atoms in total. The first kappa shape index (κ1) is 14.8. The fourth-order valence-corrected chi connectivity index (χ4v) is 1.40. The van der Waals surface area contributed by atoms with Gasteiger partial charge in [-0.15, -0.1) is 12.4 Å². The molecule has 1 aromatic carbocycles. The van der Waals surface area contributed by atoms with Crippen LogP contribution in [0.5, 0.6) is 0 Å². The van der Waals surface area contributed by atoms with Crippen LogP contribution in [0.2, 0.25) is 0 Å². The zero-order valence-electron chi connectivity index (χ0n) is 8.67. The van der Waals surface area contributed by atoms with Crippen molar-refractivity contribution >= 4 is 18.3 Å². The van der Waals surface area contributed by atoms with Crippen LogP contribution in [0.3, 0.4) is 0 Å². The van der Waals surface area contributed by atoms with E-state index in [-0.39, 0.29) is 12.4 Å². The number of amides is 1. The van der Waals surface area contributed by atoms with E-state index in [1.165, 1.54) is 6.07 Å². The Hall–Kier alpha value is -1.20. The fourth-order valence-electron chi connectivity index (χ4n) is 1.40. The van der Waals surface area contributed by atoms with Crippen LogP contribution >= 0.6 is 12.4 Å². The second kappa shape index (κ2) is 6.40. The average Bonchev–Trinajstić information content (AvgIpc) is 2.24. The fraction of sp³-hybridized carbons (Fsp3) is 0.300. The van der Waals surface area contributed by atoms with Gasteiger partial charge in [-0.25, -0.2) is 14.6 Å². The monoisotopic (exact) mass is 250 g/mol.